The molecule has 0 amide bonds. The normalized spacial score (nSPS) is 18.1. The number of benzene rings is 1. The topological polar surface area (TPSA) is 83.5 Å². The molecule has 7 heteroatoms. The molecule has 0 aliphatic heterocycles. The quantitative estimate of drug-likeness (QED) is 0.860. The van der Waals surface area contributed by atoms with Crippen LogP contribution in [0, 0.1) is 5.82 Å². The van der Waals surface area contributed by atoms with Crippen molar-refractivity contribution in [3.05, 3.63) is 30.1 Å². The van der Waals surface area contributed by atoms with Crippen LogP contribution < -0.4 is 4.72 Å². The molecular formula is C11H12FNO4S. The van der Waals surface area contributed by atoms with Gasteiger partial charge >= 0.3 is 5.97 Å². The van der Waals surface area contributed by atoms with Gasteiger partial charge in [-0.2, -0.15) is 4.72 Å². The third-order valence-corrected chi connectivity index (χ3v) is 4.59. The average molecular weight is 273 g/mol. The van der Waals surface area contributed by atoms with Crippen LogP contribution in [0.4, 0.5) is 4.39 Å². The van der Waals surface area contributed by atoms with Crippen LogP contribution in [0.2, 0.25) is 0 Å². The van der Waals surface area contributed by atoms with E-state index in [-0.39, 0.29) is 17.7 Å². The van der Waals surface area contributed by atoms with Crippen molar-refractivity contribution >= 4 is 16.0 Å². The number of halogens is 1. The predicted octanol–water partition coefficient (Wildman–Crippen LogP) is 1.11. The molecule has 0 aromatic heterocycles. The molecule has 5 nitrogen and oxygen atoms in total. The van der Waals surface area contributed by atoms with Crippen molar-refractivity contribution in [1.82, 2.24) is 4.72 Å². The molecule has 2 N–H and O–H groups in total. The van der Waals surface area contributed by atoms with E-state index in [1.54, 1.807) is 0 Å². The maximum absolute atomic E-state index is 13.0. The second-order valence-electron chi connectivity index (χ2n) is 4.30. The fraction of sp³-hybridized carbons (Fsp3) is 0.364. The van der Waals surface area contributed by atoms with Crippen molar-refractivity contribution in [1.29, 1.82) is 0 Å². The molecule has 0 unspecified atom stereocenters. The summed E-state index contributed by atoms with van der Waals surface area (Å²) in [6.45, 7) is 0. The summed E-state index contributed by atoms with van der Waals surface area (Å²) in [5.41, 5.74) is -1.44. The second kappa shape index (κ2) is 4.33. The Hall–Kier alpha value is -1.47. The number of carboxylic acids is 1. The van der Waals surface area contributed by atoms with Crippen LogP contribution in [0.25, 0.3) is 0 Å². The Morgan fingerprint density at radius 1 is 1.39 bits per heavy atom. The molecule has 1 aliphatic carbocycles. The minimum atomic E-state index is -4.02. The van der Waals surface area contributed by atoms with Crippen LogP contribution in [-0.2, 0) is 14.8 Å². The lowest BCUT2D eigenvalue weighted by Gasteiger charge is -2.37. The van der Waals surface area contributed by atoms with Crippen LogP contribution in [0.1, 0.15) is 19.3 Å². The van der Waals surface area contributed by atoms with E-state index in [0.29, 0.717) is 6.42 Å². The van der Waals surface area contributed by atoms with E-state index >= 15 is 0 Å². The average Bonchev–Trinajstić information content (AvgIpc) is 2.23. The van der Waals surface area contributed by atoms with Crippen LogP contribution in [0.3, 0.4) is 0 Å². The fourth-order valence-corrected chi connectivity index (χ4v) is 3.29. The number of hydrogen-bond donors (Lipinski definition) is 2. The molecule has 18 heavy (non-hydrogen) atoms. The molecule has 1 aromatic carbocycles. The van der Waals surface area contributed by atoms with Gasteiger partial charge in [-0.3, -0.25) is 4.79 Å². The van der Waals surface area contributed by atoms with Crippen LogP contribution in [-0.4, -0.2) is 25.0 Å². The number of hydrogen-bond acceptors (Lipinski definition) is 3. The van der Waals surface area contributed by atoms with E-state index in [4.69, 9.17) is 5.11 Å². The Labute approximate surface area is 104 Å². The summed E-state index contributed by atoms with van der Waals surface area (Å²) in [5.74, 6) is -1.88. The van der Waals surface area contributed by atoms with Crippen LogP contribution in [0.5, 0.6) is 0 Å². The molecule has 1 saturated carbocycles. The van der Waals surface area contributed by atoms with Gasteiger partial charge in [0.05, 0.1) is 4.90 Å². The van der Waals surface area contributed by atoms with Crippen molar-refractivity contribution in [3.63, 3.8) is 0 Å². The molecule has 98 valence electrons. The van der Waals surface area contributed by atoms with Gasteiger partial charge in [0.2, 0.25) is 10.0 Å². The Morgan fingerprint density at radius 2 is 2.06 bits per heavy atom. The number of aliphatic carboxylic acids is 1. The number of nitrogens with one attached hydrogen (secondary N) is 1. The first-order valence-electron chi connectivity index (χ1n) is 5.39. The summed E-state index contributed by atoms with van der Waals surface area (Å²) in [5, 5.41) is 9.05. The Morgan fingerprint density at radius 3 is 2.50 bits per heavy atom. The molecule has 1 aliphatic rings. The monoisotopic (exact) mass is 273 g/mol. The zero-order valence-electron chi connectivity index (χ0n) is 9.39. The van der Waals surface area contributed by atoms with Gasteiger partial charge in [-0.05, 0) is 37.5 Å². The van der Waals surface area contributed by atoms with Crippen molar-refractivity contribution in [2.24, 2.45) is 0 Å². The summed E-state index contributed by atoms with van der Waals surface area (Å²) >= 11 is 0. The van der Waals surface area contributed by atoms with Crippen molar-refractivity contribution in [2.45, 2.75) is 29.7 Å². The minimum Gasteiger partial charge on any atom is -0.480 e. The lowest BCUT2D eigenvalue weighted by atomic mass is 9.78. The Kier molecular flexibility index (Phi) is 3.12. The molecule has 0 bridgehead atoms. The van der Waals surface area contributed by atoms with E-state index in [2.05, 4.69) is 4.72 Å². The van der Waals surface area contributed by atoms with E-state index < -0.39 is 27.3 Å². The van der Waals surface area contributed by atoms with Crippen molar-refractivity contribution < 1.29 is 22.7 Å². The van der Waals surface area contributed by atoms with Crippen molar-refractivity contribution in [2.75, 3.05) is 0 Å². The Bertz CT molecular complexity index is 580. The lowest BCUT2D eigenvalue weighted by molar-refractivity contribution is -0.147. The van der Waals surface area contributed by atoms with Gasteiger partial charge in [0, 0.05) is 0 Å². The highest BCUT2D eigenvalue weighted by molar-refractivity contribution is 7.89. The summed E-state index contributed by atoms with van der Waals surface area (Å²) in [6.07, 6.45) is 1.14. The second-order valence-corrected chi connectivity index (χ2v) is 5.99. The summed E-state index contributed by atoms with van der Waals surface area (Å²) < 4.78 is 39.0. The first kappa shape index (κ1) is 13.0. The number of rotatable bonds is 4. The molecule has 2 rings (SSSR count). The van der Waals surface area contributed by atoms with Crippen molar-refractivity contribution in [3.8, 4) is 0 Å². The molecule has 0 spiro atoms. The molecule has 0 radical (unpaired) electrons. The highest BCUT2D eigenvalue weighted by Gasteiger charge is 2.47. The SMILES string of the molecule is O=C(O)C1(NS(=O)(=O)c2cccc(F)c2)CCC1. The van der Waals surface area contributed by atoms with Gasteiger partial charge in [-0.1, -0.05) is 6.07 Å². The number of carbonyl (C=O) groups is 1. The predicted molar refractivity (Wildman–Crippen MR) is 60.9 cm³/mol. The van der Waals surface area contributed by atoms with Gasteiger partial charge in [-0.25, -0.2) is 12.8 Å². The lowest BCUT2D eigenvalue weighted by Crippen LogP contribution is -2.58. The summed E-state index contributed by atoms with van der Waals surface area (Å²) in [4.78, 5) is 10.8. The van der Waals surface area contributed by atoms with E-state index in [0.717, 1.165) is 12.1 Å². The first-order valence-corrected chi connectivity index (χ1v) is 6.87. The highest BCUT2D eigenvalue weighted by atomic mass is 32.2. The van der Waals surface area contributed by atoms with Crippen LogP contribution in [0.15, 0.2) is 29.2 Å². The first-order chi connectivity index (χ1) is 8.36. The third kappa shape index (κ3) is 2.23. The van der Waals surface area contributed by atoms with Gasteiger partial charge < -0.3 is 5.11 Å². The van der Waals surface area contributed by atoms with Gasteiger partial charge in [-0.15, -0.1) is 0 Å². The maximum Gasteiger partial charge on any atom is 0.324 e. The van der Waals surface area contributed by atoms with Gasteiger partial charge in [0.25, 0.3) is 0 Å². The molecule has 1 fully saturated rings. The van der Waals surface area contributed by atoms with Crippen LogP contribution >= 0.6 is 0 Å². The maximum atomic E-state index is 13.0. The Balaban J connectivity index is 2.30. The van der Waals surface area contributed by atoms with E-state index in [1.807, 2.05) is 0 Å². The summed E-state index contributed by atoms with van der Waals surface area (Å²) in [6, 6.07) is 4.46. The minimum absolute atomic E-state index is 0.247. The number of carboxylic acid groups (broad SMARTS) is 1. The zero-order chi connectivity index (χ0) is 13.4. The molecule has 0 saturated heterocycles. The molecular weight excluding hydrogens is 261 g/mol. The zero-order valence-corrected chi connectivity index (χ0v) is 10.2. The van der Waals surface area contributed by atoms with E-state index in [1.165, 1.54) is 12.1 Å². The summed E-state index contributed by atoms with van der Waals surface area (Å²) in [7, 11) is -4.02. The largest absolute Gasteiger partial charge is 0.480 e. The van der Waals surface area contributed by atoms with Gasteiger partial charge in [0.1, 0.15) is 11.4 Å². The smallest absolute Gasteiger partial charge is 0.324 e. The number of sulfonamides is 1. The fourth-order valence-electron chi connectivity index (χ4n) is 1.84. The standard InChI is InChI=1S/C11H12FNO4S/c12-8-3-1-4-9(7-8)18(16,17)13-11(10(14)15)5-2-6-11/h1,3-4,7,13H,2,5-6H2,(H,14,15). The molecule has 1 aromatic rings. The molecule has 0 atom stereocenters. The molecule has 0 heterocycles. The third-order valence-electron chi connectivity index (χ3n) is 3.05. The van der Waals surface area contributed by atoms with E-state index in [9.17, 15) is 17.6 Å². The highest BCUT2D eigenvalue weighted by Crippen LogP contribution is 2.33. The van der Waals surface area contributed by atoms with Gasteiger partial charge in [0.15, 0.2) is 0 Å².